The number of halogens is 1. The molecule has 188 valence electrons. The summed E-state index contributed by atoms with van der Waals surface area (Å²) in [5.74, 6) is 0.591. The van der Waals surface area contributed by atoms with Crippen molar-refractivity contribution in [2.24, 2.45) is 0 Å². The van der Waals surface area contributed by atoms with Gasteiger partial charge < -0.3 is 14.4 Å². The van der Waals surface area contributed by atoms with Crippen molar-refractivity contribution in [3.8, 4) is 0 Å². The first-order chi connectivity index (χ1) is 17.2. The van der Waals surface area contributed by atoms with Crippen molar-refractivity contribution in [3.05, 3.63) is 65.6 Å². The van der Waals surface area contributed by atoms with Crippen LogP contribution in [0, 0.1) is 6.92 Å². The second-order valence-electron chi connectivity index (χ2n) is 8.66. The molecule has 0 aliphatic carbocycles. The molecule has 36 heavy (non-hydrogen) atoms. The third-order valence-electron chi connectivity index (χ3n) is 6.31. The van der Waals surface area contributed by atoms with Gasteiger partial charge in [0.15, 0.2) is 0 Å². The molecule has 2 aromatic heterocycles. The molecule has 1 unspecified atom stereocenters. The largest absolute Gasteiger partial charge is 0.368 e. The number of fused-ring (bicyclic) bond motifs is 1. The van der Waals surface area contributed by atoms with Crippen molar-refractivity contribution in [2.45, 2.75) is 24.8 Å². The van der Waals surface area contributed by atoms with Crippen molar-refractivity contribution in [2.75, 3.05) is 35.8 Å². The molecule has 0 saturated carbocycles. The number of carbonyl (C=O) groups is 1. The molecular weight excluding hydrogens is 520 g/mol. The number of nitrogens with one attached hydrogen (secondary N) is 1. The van der Waals surface area contributed by atoms with Gasteiger partial charge in [0.25, 0.3) is 10.0 Å². The Hall–Kier alpha value is -3.15. The number of hydrogen-bond acceptors (Lipinski definition) is 7. The van der Waals surface area contributed by atoms with Crippen LogP contribution in [0.4, 0.5) is 10.8 Å². The highest BCUT2D eigenvalue weighted by Gasteiger charge is 2.27. The Morgan fingerprint density at radius 3 is 2.47 bits per heavy atom. The van der Waals surface area contributed by atoms with Crippen LogP contribution in [-0.2, 0) is 14.8 Å². The molecule has 12 heteroatoms. The summed E-state index contributed by atoms with van der Waals surface area (Å²) in [6, 6.07) is 14.0. The van der Waals surface area contributed by atoms with E-state index < -0.39 is 10.0 Å². The minimum Gasteiger partial charge on any atom is -0.368 e. The number of carbonyl (C=O) groups excluding carboxylic acids is 1. The maximum atomic E-state index is 13.2. The summed E-state index contributed by atoms with van der Waals surface area (Å²) in [6.07, 6.45) is 1.93. The molecule has 1 aliphatic rings. The standard InChI is InChI=1S/C24H25ClN6O3S2/c1-16(31-10-9-18-15-19(25)3-8-22(18)31)23(32)30-13-11-29(12-14-30)20-4-6-21(7-5-20)36(33,34)28-24-26-17(2)27-35-24/h3-10,15-16H,11-14H2,1-2H3,(H,26,27,28). The third kappa shape index (κ3) is 4.91. The lowest BCUT2D eigenvalue weighted by atomic mass is 10.2. The van der Waals surface area contributed by atoms with Crippen LogP contribution in [0.1, 0.15) is 18.8 Å². The number of amides is 1. The fourth-order valence-corrected chi connectivity index (χ4v) is 6.37. The fraction of sp³-hybridized carbons (Fsp3) is 0.292. The van der Waals surface area contributed by atoms with E-state index in [1.54, 1.807) is 31.2 Å². The van der Waals surface area contributed by atoms with Gasteiger partial charge in [-0.1, -0.05) is 11.6 Å². The summed E-state index contributed by atoms with van der Waals surface area (Å²) in [7, 11) is -3.74. The number of sulfonamides is 1. The van der Waals surface area contributed by atoms with Gasteiger partial charge in [-0.05, 0) is 62.4 Å². The van der Waals surface area contributed by atoms with Crippen molar-refractivity contribution < 1.29 is 13.2 Å². The first-order valence-corrected chi connectivity index (χ1v) is 14.1. The monoisotopic (exact) mass is 544 g/mol. The normalized spacial score (nSPS) is 15.3. The number of piperazine rings is 1. The second kappa shape index (κ2) is 9.72. The fourth-order valence-electron chi connectivity index (χ4n) is 4.39. The van der Waals surface area contributed by atoms with Gasteiger partial charge in [-0.2, -0.15) is 4.37 Å². The summed E-state index contributed by atoms with van der Waals surface area (Å²) in [6.45, 7) is 6.12. The Morgan fingerprint density at radius 1 is 1.08 bits per heavy atom. The van der Waals surface area contributed by atoms with Crippen LogP contribution in [0.3, 0.4) is 0 Å². The van der Waals surface area contributed by atoms with Gasteiger partial charge >= 0.3 is 0 Å². The van der Waals surface area contributed by atoms with Gasteiger partial charge in [0, 0.05) is 65.5 Å². The van der Waals surface area contributed by atoms with Gasteiger partial charge in [0.2, 0.25) is 11.0 Å². The van der Waals surface area contributed by atoms with Crippen molar-refractivity contribution in [1.29, 1.82) is 0 Å². The lowest BCUT2D eigenvalue weighted by Gasteiger charge is -2.37. The highest BCUT2D eigenvalue weighted by molar-refractivity contribution is 7.93. The number of nitrogens with zero attached hydrogens (tertiary/aromatic N) is 5. The third-order valence-corrected chi connectivity index (χ3v) is 8.75. The highest BCUT2D eigenvalue weighted by atomic mass is 35.5. The predicted molar refractivity (Wildman–Crippen MR) is 142 cm³/mol. The van der Waals surface area contributed by atoms with Gasteiger partial charge in [-0.3, -0.25) is 9.52 Å². The number of aromatic nitrogens is 3. The smallest absolute Gasteiger partial charge is 0.263 e. The zero-order valence-corrected chi connectivity index (χ0v) is 22.1. The molecule has 2 aromatic carbocycles. The second-order valence-corrected chi connectivity index (χ2v) is 11.5. The van der Waals surface area contributed by atoms with Gasteiger partial charge in [-0.25, -0.2) is 13.4 Å². The molecule has 1 atom stereocenters. The molecule has 1 amide bonds. The maximum absolute atomic E-state index is 13.2. The molecule has 0 bridgehead atoms. The Labute approximate surface area is 218 Å². The first kappa shape index (κ1) is 24.5. The van der Waals surface area contributed by atoms with Crippen molar-refractivity contribution in [1.82, 2.24) is 18.8 Å². The quantitative estimate of drug-likeness (QED) is 0.391. The zero-order valence-electron chi connectivity index (χ0n) is 19.8. The predicted octanol–water partition coefficient (Wildman–Crippen LogP) is 4.17. The van der Waals surface area contributed by atoms with Crippen LogP contribution < -0.4 is 9.62 Å². The molecule has 0 spiro atoms. The molecule has 4 aromatic rings. The Morgan fingerprint density at radius 2 is 1.81 bits per heavy atom. The number of benzene rings is 2. The summed E-state index contributed by atoms with van der Waals surface area (Å²) in [4.78, 5) is 21.5. The lowest BCUT2D eigenvalue weighted by molar-refractivity contribution is -0.134. The van der Waals surface area contributed by atoms with E-state index in [1.807, 2.05) is 46.9 Å². The topological polar surface area (TPSA) is 100 Å². The van der Waals surface area contributed by atoms with Crippen LogP contribution in [0.2, 0.25) is 5.02 Å². The number of aryl methyl sites for hydroxylation is 1. The summed E-state index contributed by atoms with van der Waals surface area (Å²) in [5.41, 5.74) is 1.89. The molecule has 1 fully saturated rings. The lowest BCUT2D eigenvalue weighted by Crippen LogP contribution is -2.50. The first-order valence-electron chi connectivity index (χ1n) is 11.4. The number of hydrogen-bond donors (Lipinski definition) is 1. The Bertz CT molecular complexity index is 1510. The van der Waals surface area contributed by atoms with Crippen LogP contribution in [0.15, 0.2) is 59.6 Å². The van der Waals surface area contributed by atoms with E-state index in [2.05, 4.69) is 19.0 Å². The van der Waals surface area contributed by atoms with E-state index in [-0.39, 0.29) is 22.0 Å². The average molecular weight is 545 g/mol. The van der Waals surface area contributed by atoms with E-state index in [0.29, 0.717) is 37.0 Å². The van der Waals surface area contributed by atoms with Gasteiger partial charge in [-0.15, -0.1) is 0 Å². The van der Waals surface area contributed by atoms with Crippen molar-refractivity contribution in [3.63, 3.8) is 0 Å². The minimum atomic E-state index is -3.74. The van der Waals surface area contributed by atoms with Crippen LogP contribution in [-0.4, -0.2) is 59.3 Å². The number of anilines is 2. The van der Waals surface area contributed by atoms with Crippen LogP contribution in [0.5, 0.6) is 0 Å². The summed E-state index contributed by atoms with van der Waals surface area (Å²) in [5, 5.41) is 1.92. The minimum absolute atomic E-state index is 0.0709. The summed E-state index contributed by atoms with van der Waals surface area (Å²) < 4.78 is 33.7. The van der Waals surface area contributed by atoms with Crippen LogP contribution >= 0.6 is 23.1 Å². The zero-order chi connectivity index (χ0) is 25.4. The molecule has 9 nitrogen and oxygen atoms in total. The SMILES string of the molecule is Cc1nsc(NS(=O)(=O)c2ccc(N3CCN(C(=O)C(C)n4ccc5cc(Cl)ccc54)CC3)cc2)n1. The molecule has 3 heterocycles. The molecule has 5 rings (SSSR count). The molecule has 0 radical (unpaired) electrons. The van der Waals surface area contributed by atoms with Gasteiger partial charge in [0.05, 0.1) is 4.90 Å². The van der Waals surface area contributed by atoms with E-state index in [1.165, 1.54) is 0 Å². The maximum Gasteiger partial charge on any atom is 0.263 e. The number of rotatable bonds is 6. The Balaban J connectivity index is 1.21. The van der Waals surface area contributed by atoms with E-state index in [4.69, 9.17) is 11.6 Å². The van der Waals surface area contributed by atoms with E-state index in [9.17, 15) is 13.2 Å². The Kier molecular flexibility index (Phi) is 6.62. The molecule has 1 aliphatic heterocycles. The molecule has 1 saturated heterocycles. The van der Waals surface area contributed by atoms with Crippen LogP contribution in [0.25, 0.3) is 10.9 Å². The molecular formula is C24H25ClN6O3S2. The van der Waals surface area contributed by atoms with Gasteiger partial charge in [0.1, 0.15) is 11.9 Å². The van der Waals surface area contributed by atoms with E-state index in [0.717, 1.165) is 28.1 Å². The molecule has 1 N–H and O–H groups in total. The highest BCUT2D eigenvalue weighted by Crippen LogP contribution is 2.26. The van der Waals surface area contributed by atoms with E-state index >= 15 is 0 Å². The average Bonchev–Trinajstić information content (AvgIpc) is 3.48. The summed E-state index contributed by atoms with van der Waals surface area (Å²) >= 11 is 7.10. The van der Waals surface area contributed by atoms with Crippen molar-refractivity contribution >= 4 is 60.8 Å².